The number of nitrogens with zero attached hydrogens (tertiary/aromatic N) is 2. The Morgan fingerprint density at radius 3 is 2.30 bits per heavy atom. The van der Waals surface area contributed by atoms with E-state index in [0.717, 1.165) is 5.69 Å². The van der Waals surface area contributed by atoms with Crippen molar-refractivity contribution in [1.82, 2.24) is 9.80 Å². The number of carbonyl (C=O) groups is 2. The van der Waals surface area contributed by atoms with Crippen molar-refractivity contribution in [3.8, 4) is 0 Å². The molecule has 27 heavy (non-hydrogen) atoms. The molecule has 0 unspecified atom stereocenters. The van der Waals surface area contributed by atoms with Crippen LogP contribution in [0.3, 0.4) is 0 Å². The number of para-hydroxylation sites is 1. The molecule has 144 valence electrons. The molecule has 2 amide bonds. The van der Waals surface area contributed by atoms with E-state index in [1.165, 1.54) is 11.8 Å². The van der Waals surface area contributed by atoms with Crippen molar-refractivity contribution in [2.24, 2.45) is 0 Å². The van der Waals surface area contributed by atoms with Gasteiger partial charge in [-0.1, -0.05) is 39.0 Å². The van der Waals surface area contributed by atoms with Crippen molar-refractivity contribution >= 4 is 17.5 Å². The average molecular weight is 369 g/mol. The van der Waals surface area contributed by atoms with E-state index >= 15 is 0 Å². The highest BCUT2D eigenvalue weighted by Crippen LogP contribution is 2.29. The van der Waals surface area contributed by atoms with E-state index in [4.69, 9.17) is 4.42 Å². The topological polar surface area (TPSA) is 65.8 Å². The van der Waals surface area contributed by atoms with Gasteiger partial charge in [0.25, 0.3) is 5.91 Å². The molecule has 1 aromatic carbocycles. The molecular formula is C21H27N3O3. The number of anilines is 1. The van der Waals surface area contributed by atoms with E-state index in [9.17, 15) is 9.59 Å². The van der Waals surface area contributed by atoms with Gasteiger partial charge in [-0.05, 0) is 29.2 Å². The lowest BCUT2D eigenvalue weighted by Crippen LogP contribution is -2.51. The van der Waals surface area contributed by atoms with Crippen LogP contribution < -0.4 is 5.32 Å². The number of rotatable bonds is 4. The second-order valence-electron chi connectivity index (χ2n) is 7.80. The van der Waals surface area contributed by atoms with Crippen molar-refractivity contribution in [1.29, 1.82) is 0 Å². The minimum Gasteiger partial charge on any atom is -0.459 e. The molecule has 0 bridgehead atoms. The molecular weight excluding hydrogens is 342 g/mol. The van der Waals surface area contributed by atoms with E-state index in [1.54, 1.807) is 21.9 Å². The van der Waals surface area contributed by atoms with Gasteiger partial charge in [-0.2, -0.15) is 0 Å². The van der Waals surface area contributed by atoms with E-state index in [0.29, 0.717) is 31.9 Å². The summed E-state index contributed by atoms with van der Waals surface area (Å²) in [6, 6.07) is 11.5. The fraction of sp³-hybridized carbons (Fsp3) is 0.429. The molecule has 2 aromatic rings. The minimum absolute atomic E-state index is 0.00444. The van der Waals surface area contributed by atoms with Crippen LogP contribution in [0, 0.1) is 0 Å². The molecule has 1 saturated heterocycles. The number of hydrogen-bond donors (Lipinski definition) is 1. The molecule has 2 heterocycles. The van der Waals surface area contributed by atoms with Crippen LogP contribution in [0.5, 0.6) is 0 Å². The Hall–Kier alpha value is -2.76. The van der Waals surface area contributed by atoms with Gasteiger partial charge in [-0.25, -0.2) is 0 Å². The number of nitrogens with one attached hydrogen (secondary N) is 1. The van der Waals surface area contributed by atoms with Gasteiger partial charge in [-0.3, -0.25) is 9.59 Å². The average Bonchev–Trinajstić information content (AvgIpc) is 3.20. The van der Waals surface area contributed by atoms with Crippen molar-refractivity contribution in [2.75, 3.05) is 38.0 Å². The first-order chi connectivity index (χ1) is 12.9. The van der Waals surface area contributed by atoms with Crippen LogP contribution >= 0.6 is 0 Å². The van der Waals surface area contributed by atoms with Gasteiger partial charge in [0, 0.05) is 31.9 Å². The summed E-state index contributed by atoms with van der Waals surface area (Å²) in [7, 11) is 0. The van der Waals surface area contributed by atoms with E-state index in [1.807, 2.05) is 18.2 Å². The van der Waals surface area contributed by atoms with Crippen LogP contribution in [0.2, 0.25) is 0 Å². The Morgan fingerprint density at radius 2 is 1.67 bits per heavy atom. The number of carbonyl (C=O) groups excluding carboxylic acids is 2. The molecule has 0 atom stereocenters. The third-order valence-electron chi connectivity index (χ3n) is 4.82. The van der Waals surface area contributed by atoms with Crippen LogP contribution in [0.15, 0.2) is 47.1 Å². The van der Waals surface area contributed by atoms with Crippen LogP contribution in [-0.4, -0.2) is 54.3 Å². The third-order valence-corrected chi connectivity index (χ3v) is 4.82. The standard InChI is InChI=1S/C21H27N3O3/c1-21(2,3)16-7-4-5-8-17(16)22-15-19(25)23-10-12-24(13-11-23)20(26)18-9-6-14-27-18/h4-9,14,22H,10-13,15H2,1-3H3. The third kappa shape index (κ3) is 4.51. The Kier molecular flexibility index (Phi) is 5.54. The highest BCUT2D eigenvalue weighted by molar-refractivity contribution is 5.91. The summed E-state index contributed by atoms with van der Waals surface area (Å²) in [6.07, 6.45) is 1.49. The van der Waals surface area contributed by atoms with Gasteiger partial charge < -0.3 is 19.5 Å². The van der Waals surface area contributed by atoms with Gasteiger partial charge in [-0.15, -0.1) is 0 Å². The Morgan fingerprint density at radius 1 is 1.00 bits per heavy atom. The summed E-state index contributed by atoms with van der Waals surface area (Å²) in [5, 5.41) is 3.29. The minimum atomic E-state index is -0.121. The molecule has 3 rings (SSSR count). The second-order valence-corrected chi connectivity index (χ2v) is 7.80. The Balaban J connectivity index is 1.53. The summed E-state index contributed by atoms with van der Waals surface area (Å²) < 4.78 is 5.17. The fourth-order valence-electron chi connectivity index (χ4n) is 3.29. The normalized spacial score (nSPS) is 14.9. The van der Waals surface area contributed by atoms with E-state index in [2.05, 4.69) is 32.2 Å². The van der Waals surface area contributed by atoms with Gasteiger partial charge in [0.15, 0.2) is 5.76 Å². The van der Waals surface area contributed by atoms with Crippen molar-refractivity contribution in [2.45, 2.75) is 26.2 Å². The SMILES string of the molecule is CC(C)(C)c1ccccc1NCC(=O)N1CCN(C(=O)c2ccco2)CC1. The van der Waals surface area contributed by atoms with Gasteiger partial charge >= 0.3 is 0 Å². The highest BCUT2D eigenvalue weighted by Gasteiger charge is 2.26. The zero-order valence-electron chi connectivity index (χ0n) is 16.2. The van der Waals surface area contributed by atoms with Crippen LogP contribution in [0.25, 0.3) is 0 Å². The Labute approximate surface area is 160 Å². The van der Waals surface area contributed by atoms with Crippen LogP contribution in [-0.2, 0) is 10.2 Å². The smallest absolute Gasteiger partial charge is 0.289 e. The number of hydrogen-bond acceptors (Lipinski definition) is 4. The molecule has 1 aliphatic rings. The summed E-state index contributed by atoms with van der Waals surface area (Å²) in [6.45, 7) is 8.83. The molecule has 0 radical (unpaired) electrons. The first-order valence-electron chi connectivity index (χ1n) is 9.30. The van der Waals surface area contributed by atoms with Crippen LogP contribution in [0.4, 0.5) is 5.69 Å². The molecule has 6 heteroatoms. The van der Waals surface area contributed by atoms with Crippen molar-refractivity contribution in [3.05, 3.63) is 54.0 Å². The predicted molar refractivity (Wildman–Crippen MR) is 105 cm³/mol. The van der Waals surface area contributed by atoms with Gasteiger partial charge in [0.05, 0.1) is 12.8 Å². The van der Waals surface area contributed by atoms with Gasteiger partial charge in [0.1, 0.15) is 0 Å². The molecule has 0 aliphatic carbocycles. The molecule has 6 nitrogen and oxygen atoms in total. The molecule has 1 fully saturated rings. The lowest BCUT2D eigenvalue weighted by Gasteiger charge is -2.34. The summed E-state index contributed by atoms with van der Waals surface area (Å²) in [5.41, 5.74) is 2.18. The largest absolute Gasteiger partial charge is 0.459 e. The second kappa shape index (κ2) is 7.86. The van der Waals surface area contributed by atoms with Crippen LogP contribution in [0.1, 0.15) is 36.9 Å². The maximum atomic E-state index is 12.6. The van der Waals surface area contributed by atoms with Crippen molar-refractivity contribution in [3.63, 3.8) is 0 Å². The quantitative estimate of drug-likeness (QED) is 0.900. The molecule has 1 N–H and O–H groups in total. The van der Waals surface area contributed by atoms with Crippen molar-refractivity contribution < 1.29 is 14.0 Å². The molecule has 0 spiro atoms. The molecule has 0 saturated carbocycles. The molecule has 1 aliphatic heterocycles. The predicted octanol–water partition coefficient (Wildman–Crippen LogP) is 2.97. The maximum absolute atomic E-state index is 12.6. The van der Waals surface area contributed by atoms with E-state index in [-0.39, 0.29) is 23.8 Å². The fourth-order valence-corrected chi connectivity index (χ4v) is 3.29. The molecule has 1 aromatic heterocycles. The number of piperazine rings is 1. The zero-order chi connectivity index (χ0) is 19.4. The lowest BCUT2D eigenvalue weighted by atomic mass is 9.86. The lowest BCUT2D eigenvalue weighted by molar-refractivity contribution is -0.130. The van der Waals surface area contributed by atoms with Gasteiger partial charge in [0.2, 0.25) is 5.91 Å². The zero-order valence-corrected chi connectivity index (χ0v) is 16.2. The monoisotopic (exact) mass is 369 g/mol. The highest BCUT2D eigenvalue weighted by atomic mass is 16.3. The summed E-state index contributed by atoms with van der Waals surface area (Å²) in [4.78, 5) is 28.4. The number of furan rings is 1. The summed E-state index contributed by atoms with van der Waals surface area (Å²) >= 11 is 0. The number of amides is 2. The van der Waals surface area contributed by atoms with E-state index < -0.39 is 0 Å². The summed E-state index contributed by atoms with van der Waals surface area (Å²) in [5.74, 6) is 0.267. The number of benzene rings is 1. The first kappa shape index (κ1) is 19.0. The maximum Gasteiger partial charge on any atom is 0.289 e. The Bertz CT molecular complexity index is 785. The first-order valence-corrected chi connectivity index (χ1v) is 9.30.